The van der Waals surface area contributed by atoms with Crippen LogP contribution in [0.1, 0.15) is 47.0 Å². The van der Waals surface area contributed by atoms with Crippen LogP contribution in [-0.4, -0.2) is 58.6 Å². The Morgan fingerprint density at radius 1 is 0.762 bits per heavy atom. The second-order valence-electron chi connectivity index (χ2n) is 14.1. The zero-order valence-electron chi connectivity index (χ0n) is 26.4. The third kappa shape index (κ3) is 8.74. The smallest absolute Gasteiger partial charge is 0.261 e. The third-order valence-electron chi connectivity index (χ3n) is 7.88. The molecule has 3 aromatic carbocycles. The number of rotatable bonds is 14. The summed E-state index contributed by atoms with van der Waals surface area (Å²) in [6, 6.07) is 29.8. The molecule has 0 aromatic heterocycles. The molecule has 0 aliphatic rings. The highest BCUT2D eigenvalue weighted by Gasteiger charge is 2.50. The van der Waals surface area contributed by atoms with Gasteiger partial charge in [0.15, 0.2) is 9.84 Å². The number of aliphatic hydroxyl groups excluding tert-OH is 1. The lowest BCUT2D eigenvalue weighted by atomic mass is 9.92. The fourth-order valence-corrected chi connectivity index (χ4v) is 16.0. The quantitative estimate of drug-likeness (QED) is 0.214. The van der Waals surface area contributed by atoms with Gasteiger partial charge in [-0.25, -0.2) is 8.42 Å². The van der Waals surface area contributed by atoms with Crippen molar-refractivity contribution in [1.82, 2.24) is 0 Å². The molecule has 2 N–H and O–H groups in total. The highest BCUT2D eigenvalue weighted by molar-refractivity contribution is 7.92. The average Bonchev–Trinajstić information content (AvgIpc) is 2.90. The van der Waals surface area contributed by atoms with Gasteiger partial charge < -0.3 is 14.6 Å². The lowest BCUT2D eigenvalue weighted by molar-refractivity contribution is -0.00803. The minimum absolute atomic E-state index is 0.0706. The molecule has 0 bridgehead atoms. The Morgan fingerprint density at radius 2 is 1.21 bits per heavy atom. The summed E-state index contributed by atoms with van der Waals surface area (Å²) >= 11 is 0. The number of sulfone groups is 1. The highest BCUT2D eigenvalue weighted by atomic mass is 32.2. The standard InChI is InChI=1S/C34H50O5SSi2/c1-33(2,3)42(31-19-13-9-14-20-31,32-21-15-10-16-22-32)39-24-23-28(35)25-34(4,36)26-30(27-41(5,6)7)40(37,38)29-17-11-8-12-18-29/h8-22,28,30,35-36H,23-27H2,1-7H3/t28-,30?,34-/m0/s1. The molecule has 3 atom stereocenters. The Bertz CT molecular complexity index is 1310. The zero-order valence-corrected chi connectivity index (χ0v) is 29.2. The maximum atomic E-state index is 13.7. The number of hydrogen-bond acceptors (Lipinski definition) is 5. The van der Waals surface area contributed by atoms with E-state index in [4.69, 9.17) is 4.43 Å². The molecular formula is C34H50O5SSi2. The fourth-order valence-electron chi connectivity index (χ4n) is 6.07. The first kappa shape index (κ1) is 34.4. The number of hydrogen-bond donors (Lipinski definition) is 2. The van der Waals surface area contributed by atoms with Crippen molar-refractivity contribution in [1.29, 1.82) is 0 Å². The van der Waals surface area contributed by atoms with Gasteiger partial charge in [0.25, 0.3) is 8.32 Å². The van der Waals surface area contributed by atoms with Crippen LogP contribution in [0.4, 0.5) is 0 Å². The van der Waals surface area contributed by atoms with Crippen LogP contribution in [0, 0.1) is 0 Å². The molecule has 8 heteroatoms. The topological polar surface area (TPSA) is 83.8 Å². The van der Waals surface area contributed by atoms with Crippen LogP contribution in [0.15, 0.2) is 95.9 Å². The molecule has 0 aliphatic heterocycles. The van der Waals surface area contributed by atoms with Crippen molar-refractivity contribution >= 4 is 36.6 Å². The first-order valence-corrected chi connectivity index (χ1v) is 22.1. The van der Waals surface area contributed by atoms with E-state index in [0.29, 0.717) is 19.1 Å². The summed E-state index contributed by atoms with van der Waals surface area (Å²) in [5.74, 6) is 0. The lowest BCUT2D eigenvalue weighted by Crippen LogP contribution is -2.66. The van der Waals surface area contributed by atoms with Crippen LogP contribution in [0.5, 0.6) is 0 Å². The summed E-state index contributed by atoms with van der Waals surface area (Å²) in [6.45, 7) is 15.1. The first-order valence-electron chi connectivity index (χ1n) is 14.9. The van der Waals surface area contributed by atoms with Gasteiger partial charge in [0.05, 0.1) is 21.9 Å². The van der Waals surface area contributed by atoms with Gasteiger partial charge in [-0.3, -0.25) is 0 Å². The first-order chi connectivity index (χ1) is 19.5. The maximum Gasteiger partial charge on any atom is 0.261 e. The van der Waals surface area contributed by atoms with E-state index < -0.39 is 43.2 Å². The van der Waals surface area contributed by atoms with E-state index in [-0.39, 0.29) is 22.8 Å². The summed E-state index contributed by atoms with van der Waals surface area (Å²) < 4.78 is 34.2. The molecule has 5 nitrogen and oxygen atoms in total. The van der Waals surface area contributed by atoms with Crippen molar-refractivity contribution in [3.05, 3.63) is 91.0 Å². The zero-order chi connectivity index (χ0) is 31.2. The van der Waals surface area contributed by atoms with E-state index in [1.807, 2.05) is 36.4 Å². The molecule has 230 valence electrons. The van der Waals surface area contributed by atoms with E-state index in [0.717, 1.165) is 0 Å². The van der Waals surface area contributed by atoms with Gasteiger partial charge >= 0.3 is 0 Å². The molecule has 0 heterocycles. The summed E-state index contributed by atoms with van der Waals surface area (Å²) in [4.78, 5) is 0.281. The van der Waals surface area contributed by atoms with Gasteiger partial charge in [-0.2, -0.15) is 0 Å². The maximum absolute atomic E-state index is 13.7. The van der Waals surface area contributed by atoms with Crippen LogP contribution in [0.2, 0.25) is 30.7 Å². The molecule has 0 spiro atoms. The van der Waals surface area contributed by atoms with Crippen molar-refractivity contribution < 1.29 is 23.1 Å². The van der Waals surface area contributed by atoms with E-state index in [2.05, 4.69) is 64.7 Å². The van der Waals surface area contributed by atoms with E-state index in [9.17, 15) is 18.6 Å². The van der Waals surface area contributed by atoms with E-state index in [1.54, 1.807) is 37.3 Å². The van der Waals surface area contributed by atoms with Crippen molar-refractivity contribution in [3.63, 3.8) is 0 Å². The molecule has 0 amide bonds. The molecule has 3 aromatic rings. The largest absolute Gasteiger partial charge is 0.407 e. The van der Waals surface area contributed by atoms with Crippen LogP contribution < -0.4 is 10.4 Å². The minimum atomic E-state index is -3.64. The predicted octanol–water partition coefficient (Wildman–Crippen LogP) is 6.03. The fraction of sp³-hybridized carbons (Fsp3) is 0.471. The Labute approximate surface area is 256 Å². The Hall–Kier alpha value is -2.08. The third-order valence-corrected chi connectivity index (χ3v) is 17.1. The van der Waals surface area contributed by atoms with Crippen LogP contribution in [0.3, 0.4) is 0 Å². The molecule has 0 saturated heterocycles. The van der Waals surface area contributed by atoms with Crippen molar-refractivity contribution in [2.45, 2.75) is 99.5 Å². The predicted molar refractivity (Wildman–Crippen MR) is 180 cm³/mol. The lowest BCUT2D eigenvalue weighted by Gasteiger charge is -2.43. The monoisotopic (exact) mass is 626 g/mol. The number of benzene rings is 3. The molecule has 0 aliphatic carbocycles. The van der Waals surface area contributed by atoms with Gasteiger partial charge in [0.1, 0.15) is 0 Å². The van der Waals surface area contributed by atoms with Gasteiger partial charge in [-0.1, -0.05) is 119 Å². The molecular weight excluding hydrogens is 577 g/mol. The van der Waals surface area contributed by atoms with Gasteiger partial charge in [0.2, 0.25) is 0 Å². The van der Waals surface area contributed by atoms with Crippen LogP contribution in [-0.2, 0) is 14.3 Å². The van der Waals surface area contributed by atoms with E-state index in [1.165, 1.54) is 10.4 Å². The molecule has 1 unspecified atom stereocenters. The molecule has 3 rings (SSSR count). The summed E-state index contributed by atoms with van der Waals surface area (Å²) in [7, 11) is -8.18. The van der Waals surface area contributed by atoms with Gasteiger partial charge in [0, 0.05) is 21.1 Å². The summed E-state index contributed by atoms with van der Waals surface area (Å²) in [5.41, 5.74) is -1.36. The average molecular weight is 627 g/mol. The van der Waals surface area contributed by atoms with E-state index >= 15 is 0 Å². The molecule has 0 fully saturated rings. The second-order valence-corrected chi connectivity index (χ2v) is 26.2. The Morgan fingerprint density at radius 3 is 1.64 bits per heavy atom. The van der Waals surface area contributed by atoms with Gasteiger partial charge in [-0.15, -0.1) is 0 Å². The number of aliphatic hydroxyl groups is 2. The summed E-state index contributed by atoms with van der Waals surface area (Å²) in [5, 5.41) is 24.0. The molecule has 0 radical (unpaired) electrons. The Kier molecular flexibility index (Phi) is 11.2. The minimum Gasteiger partial charge on any atom is -0.407 e. The normalized spacial score (nSPS) is 16.0. The SMILES string of the molecule is CC(C)(C)[Si](OCC[C@H](O)C[C@](C)(O)CC(C[Si](C)(C)C)S(=O)(=O)c1ccccc1)(c1ccccc1)c1ccccc1. The van der Waals surface area contributed by atoms with Crippen molar-refractivity contribution in [2.75, 3.05) is 6.61 Å². The molecule has 42 heavy (non-hydrogen) atoms. The molecule has 0 saturated carbocycles. The van der Waals surface area contributed by atoms with Crippen LogP contribution >= 0.6 is 0 Å². The van der Waals surface area contributed by atoms with Crippen LogP contribution in [0.25, 0.3) is 0 Å². The summed E-state index contributed by atoms with van der Waals surface area (Å²) in [6.07, 6.45) is -0.361. The van der Waals surface area contributed by atoms with Gasteiger partial charge in [-0.05, 0) is 53.4 Å². The Balaban J connectivity index is 1.78. The highest BCUT2D eigenvalue weighted by Crippen LogP contribution is 2.37. The second kappa shape index (κ2) is 13.7. The van der Waals surface area contributed by atoms with Crippen molar-refractivity contribution in [3.8, 4) is 0 Å². The van der Waals surface area contributed by atoms with Crippen molar-refractivity contribution in [2.24, 2.45) is 0 Å².